The van der Waals surface area contributed by atoms with Crippen molar-refractivity contribution in [2.45, 2.75) is 24.7 Å². The molecule has 1 unspecified atom stereocenters. The van der Waals surface area contributed by atoms with Crippen LogP contribution in [0.1, 0.15) is 11.3 Å². The number of hydrogen-bond donors (Lipinski definition) is 1. The summed E-state index contributed by atoms with van der Waals surface area (Å²) in [7, 11) is 0. The maximum atomic E-state index is 13.9. The van der Waals surface area contributed by atoms with Crippen LogP contribution in [0.2, 0.25) is 0 Å². The van der Waals surface area contributed by atoms with Crippen molar-refractivity contribution >= 4 is 5.90 Å². The summed E-state index contributed by atoms with van der Waals surface area (Å²) in [4.78, 5) is 0. The molecule has 2 heterocycles. The summed E-state index contributed by atoms with van der Waals surface area (Å²) in [5, 5.41) is 20.4. The number of aryl methyl sites for hydroxylation is 1. The van der Waals surface area contributed by atoms with Crippen LogP contribution < -0.4 is 4.74 Å². The summed E-state index contributed by atoms with van der Waals surface area (Å²) in [6.07, 6.45) is -11.8. The summed E-state index contributed by atoms with van der Waals surface area (Å²) in [5.41, 5.74) is -6.40. The third-order valence-electron chi connectivity index (χ3n) is 4.34. The molecule has 3 rings (SSSR count). The van der Waals surface area contributed by atoms with Crippen LogP contribution in [0.3, 0.4) is 0 Å². The molecule has 142 valence electrons. The zero-order valence-electron chi connectivity index (χ0n) is 13.5. The number of aromatic nitrogens is 2. The van der Waals surface area contributed by atoms with Crippen LogP contribution in [-0.4, -0.2) is 28.0 Å². The number of benzene rings is 1. The van der Waals surface area contributed by atoms with Crippen LogP contribution in [0, 0.1) is 29.6 Å². The van der Waals surface area contributed by atoms with Crippen LogP contribution in [0.4, 0.5) is 26.3 Å². The summed E-state index contributed by atoms with van der Waals surface area (Å²) >= 11 is 0. The van der Waals surface area contributed by atoms with Crippen LogP contribution in [-0.2, 0) is 5.41 Å². The molecule has 1 atom stereocenters. The number of nitrogens with one attached hydrogen (secondary N) is 1. The van der Waals surface area contributed by atoms with E-state index in [0.717, 1.165) is 17.7 Å². The van der Waals surface area contributed by atoms with E-state index >= 15 is 0 Å². The van der Waals surface area contributed by atoms with Gasteiger partial charge in [-0.2, -0.15) is 36.7 Å². The molecule has 0 saturated carbocycles. The topological polar surface area (TPSA) is 74.7 Å². The van der Waals surface area contributed by atoms with E-state index in [2.05, 4.69) is 5.10 Å². The van der Waals surface area contributed by atoms with Crippen molar-refractivity contribution in [2.75, 3.05) is 0 Å². The number of hydrogen-bond acceptors (Lipinski definition) is 4. The molecule has 0 amide bonds. The van der Waals surface area contributed by atoms with E-state index in [4.69, 9.17) is 15.4 Å². The van der Waals surface area contributed by atoms with E-state index in [9.17, 15) is 26.3 Å². The first-order valence-corrected chi connectivity index (χ1v) is 7.41. The summed E-state index contributed by atoms with van der Waals surface area (Å²) in [6, 6.07) is 8.36. The number of halogens is 6. The monoisotopic (exact) mass is 388 g/mol. The lowest BCUT2D eigenvalue weighted by atomic mass is 9.67. The molecule has 2 aromatic rings. The highest BCUT2D eigenvalue weighted by Crippen LogP contribution is 2.61. The molecule has 1 aliphatic heterocycles. The zero-order chi connectivity index (χ0) is 20.2. The van der Waals surface area contributed by atoms with Crippen molar-refractivity contribution in [2.24, 2.45) is 5.92 Å². The fourth-order valence-electron chi connectivity index (χ4n) is 3.23. The van der Waals surface area contributed by atoms with Crippen molar-refractivity contribution in [1.82, 2.24) is 9.78 Å². The molecule has 1 aromatic carbocycles. The second kappa shape index (κ2) is 5.73. The molecule has 5 nitrogen and oxygen atoms in total. The number of fused-ring (bicyclic) bond motifs is 1. The highest BCUT2D eigenvalue weighted by atomic mass is 19.4. The predicted octanol–water partition coefficient (Wildman–Crippen LogP) is 4.05. The molecule has 0 radical (unpaired) electrons. The fraction of sp³-hybridized carbons (Fsp3) is 0.312. The second-order valence-corrected chi connectivity index (χ2v) is 5.84. The number of alkyl halides is 6. The molecule has 0 bridgehead atoms. The molecule has 1 N–H and O–H groups in total. The number of ether oxygens (including phenoxy) is 1. The molecule has 0 aliphatic carbocycles. The Morgan fingerprint density at radius 3 is 2.19 bits per heavy atom. The van der Waals surface area contributed by atoms with Gasteiger partial charge >= 0.3 is 12.4 Å². The Morgan fingerprint density at radius 2 is 1.70 bits per heavy atom. The lowest BCUT2D eigenvalue weighted by molar-refractivity contribution is -0.311. The van der Waals surface area contributed by atoms with Crippen LogP contribution in [0.15, 0.2) is 30.3 Å². The first kappa shape index (κ1) is 18.8. The Morgan fingerprint density at radius 1 is 1.15 bits per heavy atom. The van der Waals surface area contributed by atoms with Crippen molar-refractivity contribution in [1.29, 1.82) is 10.7 Å². The van der Waals surface area contributed by atoms with Crippen molar-refractivity contribution in [3.8, 4) is 17.6 Å². The molecule has 0 fully saturated rings. The fourth-order valence-corrected chi connectivity index (χ4v) is 3.23. The number of nitriles is 1. The van der Waals surface area contributed by atoms with E-state index in [1.807, 2.05) is 0 Å². The number of nitrogens with zero attached hydrogens (tertiary/aromatic N) is 3. The summed E-state index contributed by atoms with van der Waals surface area (Å²) in [6.45, 7) is 0.969. The summed E-state index contributed by atoms with van der Waals surface area (Å²) < 4.78 is 89.2. The van der Waals surface area contributed by atoms with E-state index in [1.165, 1.54) is 24.3 Å². The van der Waals surface area contributed by atoms with Gasteiger partial charge < -0.3 is 4.74 Å². The largest absolute Gasteiger partial charge is 0.423 e. The highest BCUT2D eigenvalue weighted by molar-refractivity contribution is 5.86. The normalized spacial score (nSPS) is 19.2. The lowest BCUT2D eigenvalue weighted by Gasteiger charge is -2.42. The first-order valence-electron chi connectivity index (χ1n) is 7.41. The third kappa shape index (κ3) is 2.39. The van der Waals surface area contributed by atoms with Gasteiger partial charge in [-0.25, -0.2) is 4.68 Å². The molecular weight excluding hydrogens is 378 g/mol. The van der Waals surface area contributed by atoms with Gasteiger partial charge in [0.2, 0.25) is 17.2 Å². The van der Waals surface area contributed by atoms with Gasteiger partial charge in [0.15, 0.2) is 0 Å². The maximum absolute atomic E-state index is 13.9. The minimum Gasteiger partial charge on any atom is -0.423 e. The van der Waals surface area contributed by atoms with Gasteiger partial charge in [0.05, 0.1) is 23.0 Å². The Balaban J connectivity index is 2.46. The van der Waals surface area contributed by atoms with Crippen molar-refractivity contribution < 1.29 is 31.1 Å². The SMILES string of the molecule is Cc1nn(-c2ccccc2)c2c1C(C(F)(F)F)(C(F)(F)F)C(C#N)C(=N)O2. The number of para-hydroxylation sites is 1. The Labute approximate surface area is 148 Å². The quantitative estimate of drug-likeness (QED) is 0.749. The average molecular weight is 388 g/mol. The van der Waals surface area contributed by atoms with Gasteiger partial charge in [-0.05, 0) is 19.1 Å². The van der Waals surface area contributed by atoms with Gasteiger partial charge in [0.25, 0.3) is 0 Å². The van der Waals surface area contributed by atoms with Gasteiger partial charge in [0, 0.05) is 0 Å². The van der Waals surface area contributed by atoms with Gasteiger partial charge in [-0.3, -0.25) is 5.41 Å². The molecule has 1 aromatic heterocycles. The zero-order valence-corrected chi connectivity index (χ0v) is 13.5. The minimum atomic E-state index is -5.92. The van der Waals surface area contributed by atoms with E-state index in [1.54, 1.807) is 6.07 Å². The Bertz CT molecular complexity index is 925. The van der Waals surface area contributed by atoms with Gasteiger partial charge in [-0.15, -0.1) is 0 Å². The summed E-state index contributed by atoms with van der Waals surface area (Å²) in [5.74, 6) is -5.27. The molecular formula is C16H10F6N4O. The maximum Gasteiger partial charge on any atom is 0.409 e. The van der Waals surface area contributed by atoms with Crippen LogP contribution in [0.5, 0.6) is 5.88 Å². The lowest BCUT2D eigenvalue weighted by Crippen LogP contribution is -2.62. The van der Waals surface area contributed by atoms with E-state index in [0.29, 0.717) is 0 Å². The molecule has 0 spiro atoms. The first-order chi connectivity index (χ1) is 12.5. The molecule has 0 saturated heterocycles. The van der Waals surface area contributed by atoms with Gasteiger partial charge in [-0.1, -0.05) is 18.2 Å². The smallest absolute Gasteiger partial charge is 0.409 e. The predicted molar refractivity (Wildman–Crippen MR) is 79.5 cm³/mol. The second-order valence-electron chi connectivity index (χ2n) is 5.84. The highest BCUT2D eigenvalue weighted by Gasteiger charge is 2.80. The Hall–Kier alpha value is -3.03. The minimum absolute atomic E-state index is 0.142. The Kier molecular flexibility index (Phi) is 3.98. The molecule has 27 heavy (non-hydrogen) atoms. The van der Waals surface area contributed by atoms with Crippen LogP contribution in [0.25, 0.3) is 5.69 Å². The third-order valence-corrected chi connectivity index (χ3v) is 4.34. The van der Waals surface area contributed by atoms with E-state index in [-0.39, 0.29) is 5.69 Å². The average Bonchev–Trinajstić information content (AvgIpc) is 2.88. The molecule has 1 aliphatic rings. The number of rotatable bonds is 1. The standard InChI is InChI=1S/C16H10F6N4O/c1-8-11-13(26(25-8)9-5-3-2-4-6-9)27-12(24)10(7-23)14(11,15(17,18)19)16(20,21)22/h2-6,10,24H,1H3. The van der Waals surface area contributed by atoms with E-state index < -0.39 is 46.7 Å². The van der Waals surface area contributed by atoms with Crippen molar-refractivity contribution in [3.05, 3.63) is 41.6 Å². The molecule has 11 heteroatoms. The van der Waals surface area contributed by atoms with Crippen molar-refractivity contribution in [3.63, 3.8) is 0 Å². The van der Waals surface area contributed by atoms with Gasteiger partial charge in [0.1, 0.15) is 5.92 Å². The van der Waals surface area contributed by atoms with Crippen LogP contribution >= 0.6 is 0 Å².